The molecule has 0 bridgehead atoms. The summed E-state index contributed by atoms with van der Waals surface area (Å²) in [7, 11) is -0.0146. The Hall–Kier alpha value is -2.98. The number of rotatable bonds is 3. The fraction of sp³-hybridized carbons (Fsp3) is 0.0400. The van der Waals surface area contributed by atoms with Gasteiger partial charge in [-0.3, -0.25) is 0 Å². The first-order valence-corrected chi connectivity index (χ1v) is 10.3. The molecule has 0 atom stereocenters. The van der Waals surface area contributed by atoms with Crippen molar-refractivity contribution in [3.63, 3.8) is 0 Å². The quantitative estimate of drug-likeness (QED) is 0.308. The van der Waals surface area contributed by atoms with Crippen molar-refractivity contribution in [3.05, 3.63) is 127 Å². The average Bonchev–Trinajstić information content (AvgIpc) is 2.77. The van der Waals surface area contributed by atoms with Crippen LogP contribution in [0, 0.1) is 0 Å². The lowest BCUT2D eigenvalue weighted by atomic mass is 10.2. The Bertz CT molecular complexity index is 876. The van der Waals surface area contributed by atoms with E-state index >= 15 is 0 Å². The van der Waals surface area contributed by atoms with Crippen LogP contribution in [0.25, 0.3) is 0 Å². The molecular formula is C25H20F3S+. The molecule has 0 N–H and O–H groups in total. The van der Waals surface area contributed by atoms with Crippen molar-refractivity contribution in [1.29, 1.82) is 0 Å². The van der Waals surface area contributed by atoms with E-state index in [4.69, 9.17) is 0 Å². The van der Waals surface area contributed by atoms with E-state index in [1.807, 2.05) is 0 Å². The number of benzene rings is 4. The molecule has 4 aromatic rings. The minimum absolute atomic E-state index is 0.0146. The summed E-state index contributed by atoms with van der Waals surface area (Å²) in [6.45, 7) is 0. The third-order valence-electron chi connectivity index (χ3n) is 4.04. The van der Waals surface area contributed by atoms with Gasteiger partial charge in [-0.25, -0.2) is 0 Å². The molecule has 0 saturated carbocycles. The predicted molar refractivity (Wildman–Crippen MR) is 113 cm³/mol. The van der Waals surface area contributed by atoms with E-state index in [9.17, 15) is 13.2 Å². The second-order valence-electron chi connectivity index (χ2n) is 6.11. The molecule has 0 aromatic heterocycles. The van der Waals surface area contributed by atoms with Gasteiger partial charge in [0.05, 0.1) is 16.5 Å². The SMILES string of the molecule is FC(F)(F)c1ccccc1.c1ccc([S+](c2ccccc2)c2ccccc2)cc1. The largest absolute Gasteiger partial charge is 0.416 e. The van der Waals surface area contributed by atoms with Crippen molar-refractivity contribution < 1.29 is 13.2 Å². The first kappa shape index (κ1) is 20.7. The molecule has 146 valence electrons. The maximum atomic E-state index is 11.8. The molecule has 0 spiro atoms. The van der Waals surface area contributed by atoms with Gasteiger partial charge in [-0.2, -0.15) is 13.2 Å². The Morgan fingerprint density at radius 2 is 0.690 bits per heavy atom. The van der Waals surface area contributed by atoms with Gasteiger partial charge in [0.1, 0.15) is 0 Å². The number of halogens is 3. The van der Waals surface area contributed by atoms with Crippen LogP contribution in [0.1, 0.15) is 5.56 Å². The molecule has 0 radical (unpaired) electrons. The average molecular weight is 409 g/mol. The highest BCUT2D eigenvalue weighted by atomic mass is 32.2. The van der Waals surface area contributed by atoms with Gasteiger partial charge in [-0.05, 0) is 36.4 Å². The molecule has 0 fully saturated rings. The molecule has 0 aliphatic rings. The monoisotopic (exact) mass is 409 g/mol. The van der Waals surface area contributed by atoms with Crippen LogP contribution in [0.5, 0.6) is 0 Å². The normalized spacial score (nSPS) is 10.9. The number of hydrogen-bond acceptors (Lipinski definition) is 0. The zero-order chi connectivity index (χ0) is 20.5. The lowest BCUT2D eigenvalue weighted by molar-refractivity contribution is -0.137. The summed E-state index contributed by atoms with van der Waals surface area (Å²) in [6, 6.07) is 38.5. The Labute approximate surface area is 172 Å². The van der Waals surface area contributed by atoms with Gasteiger partial charge in [-0.15, -0.1) is 0 Å². The summed E-state index contributed by atoms with van der Waals surface area (Å²) in [5, 5.41) is 0. The molecule has 29 heavy (non-hydrogen) atoms. The van der Waals surface area contributed by atoms with Crippen LogP contribution in [0.3, 0.4) is 0 Å². The van der Waals surface area contributed by atoms with Crippen molar-refractivity contribution in [2.75, 3.05) is 0 Å². The van der Waals surface area contributed by atoms with Gasteiger partial charge in [0.25, 0.3) is 0 Å². The number of alkyl halides is 3. The first-order valence-electron chi connectivity index (χ1n) is 9.07. The van der Waals surface area contributed by atoms with Crippen molar-refractivity contribution in [2.45, 2.75) is 20.9 Å². The van der Waals surface area contributed by atoms with Gasteiger partial charge in [-0.1, -0.05) is 84.9 Å². The van der Waals surface area contributed by atoms with Crippen LogP contribution >= 0.6 is 0 Å². The number of hydrogen-bond donors (Lipinski definition) is 0. The summed E-state index contributed by atoms with van der Waals surface area (Å²) < 4.78 is 35.4. The van der Waals surface area contributed by atoms with E-state index < -0.39 is 11.7 Å². The van der Waals surface area contributed by atoms with Gasteiger partial charge in [0.15, 0.2) is 14.7 Å². The van der Waals surface area contributed by atoms with Crippen LogP contribution in [0.2, 0.25) is 0 Å². The Morgan fingerprint density at radius 3 is 0.931 bits per heavy atom. The zero-order valence-electron chi connectivity index (χ0n) is 15.6. The highest BCUT2D eigenvalue weighted by molar-refractivity contribution is 7.97. The molecule has 0 saturated heterocycles. The smallest absolute Gasteiger partial charge is 0.166 e. The van der Waals surface area contributed by atoms with Crippen LogP contribution in [0.4, 0.5) is 13.2 Å². The minimum atomic E-state index is -4.21. The molecule has 0 amide bonds. The molecule has 0 aliphatic carbocycles. The Balaban J connectivity index is 0.000000204. The standard InChI is InChI=1S/C18H15S.C7H5F3/c1-4-10-16(11-5-1)19(17-12-6-2-7-13-17)18-14-8-3-9-15-18;8-7(9,10)6-4-2-1-3-5-6/h1-15H;1-5H/q+1;. The van der Waals surface area contributed by atoms with E-state index in [1.54, 1.807) is 6.07 Å². The molecule has 0 aliphatic heterocycles. The fourth-order valence-electron chi connectivity index (χ4n) is 2.71. The lowest BCUT2D eigenvalue weighted by Gasteiger charge is -2.07. The maximum Gasteiger partial charge on any atom is 0.416 e. The topological polar surface area (TPSA) is 0 Å². The van der Waals surface area contributed by atoms with Crippen LogP contribution in [-0.2, 0) is 17.1 Å². The molecule has 4 aromatic carbocycles. The van der Waals surface area contributed by atoms with E-state index in [-0.39, 0.29) is 10.9 Å². The summed E-state index contributed by atoms with van der Waals surface area (Å²) >= 11 is 0. The second-order valence-corrected chi connectivity index (χ2v) is 8.14. The molecule has 0 nitrogen and oxygen atoms in total. The molecule has 4 rings (SSSR count). The van der Waals surface area contributed by atoms with E-state index in [1.165, 1.54) is 26.8 Å². The van der Waals surface area contributed by atoms with Crippen LogP contribution in [-0.4, -0.2) is 0 Å². The predicted octanol–water partition coefficient (Wildman–Crippen LogP) is 7.49. The third-order valence-corrected chi connectivity index (χ3v) is 6.27. The highest BCUT2D eigenvalue weighted by Gasteiger charge is 2.29. The van der Waals surface area contributed by atoms with Crippen molar-refractivity contribution >= 4 is 10.9 Å². The summed E-state index contributed by atoms with van der Waals surface area (Å²) in [5.41, 5.74) is -0.602. The van der Waals surface area contributed by atoms with E-state index in [0.717, 1.165) is 12.1 Å². The van der Waals surface area contributed by atoms with Gasteiger partial charge in [0, 0.05) is 0 Å². The summed E-state index contributed by atoms with van der Waals surface area (Å²) in [4.78, 5) is 4.08. The van der Waals surface area contributed by atoms with E-state index in [0.29, 0.717) is 0 Å². The molecule has 0 heterocycles. The van der Waals surface area contributed by atoms with Crippen LogP contribution < -0.4 is 0 Å². The minimum Gasteiger partial charge on any atom is -0.166 e. The van der Waals surface area contributed by atoms with Crippen LogP contribution in [0.15, 0.2) is 136 Å². The lowest BCUT2D eigenvalue weighted by Crippen LogP contribution is -2.04. The van der Waals surface area contributed by atoms with Crippen molar-refractivity contribution in [3.8, 4) is 0 Å². The molecule has 0 unspecified atom stereocenters. The van der Waals surface area contributed by atoms with Gasteiger partial charge < -0.3 is 0 Å². The highest BCUT2D eigenvalue weighted by Crippen LogP contribution is 2.30. The molecule has 4 heteroatoms. The van der Waals surface area contributed by atoms with Gasteiger partial charge in [0.2, 0.25) is 0 Å². The maximum absolute atomic E-state index is 11.8. The Morgan fingerprint density at radius 1 is 0.414 bits per heavy atom. The molecular weight excluding hydrogens is 389 g/mol. The second kappa shape index (κ2) is 9.99. The van der Waals surface area contributed by atoms with Crippen molar-refractivity contribution in [1.82, 2.24) is 0 Å². The zero-order valence-corrected chi connectivity index (χ0v) is 16.4. The summed E-state index contributed by atoms with van der Waals surface area (Å²) in [6.07, 6.45) is -4.21. The third kappa shape index (κ3) is 6.00. The van der Waals surface area contributed by atoms with E-state index in [2.05, 4.69) is 91.0 Å². The van der Waals surface area contributed by atoms with Crippen molar-refractivity contribution in [2.24, 2.45) is 0 Å². The first-order chi connectivity index (χ1) is 14.1. The van der Waals surface area contributed by atoms with Gasteiger partial charge >= 0.3 is 6.18 Å². The fourth-order valence-corrected chi connectivity index (χ4v) is 4.81. The summed E-state index contributed by atoms with van der Waals surface area (Å²) in [5.74, 6) is 0. The Kier molecular flexibility index (Phi) is 7.14.